The summed E-state index contributed by atoms with van der Waals surface area (Å²) in [5.74, 6) is -1.99. The molecule has 4 nitrogen and oxygen atoms in total. The van der Waals surface area contributed by atoms with Crippen LogP contribution >= 0.6 is 0 Å². The molecule has 0 fully saturated rings. The first-order chi connectivity index (χ1) is 12.0. The van der Waals surface area contributed by atoms with Crippen molar-refractivity contribution in [2.45, 2.75) is 12.8 Å². The standard InChI is InChI=1S/C21H18N2O2/c1-14-7-9-16(10-8-14)19-18(12-24)17(15-5-3-2-4-6-15)11-21(19,13-22)20(23)25/h2-12,18-19H,1H3,(H2,23,25). The molecule has 2 aromatic carbocycles. The largest absolute Gasteiger partial charge is 0.368 e. The van der Waals surface area contributed by atoms with Crippen LogP contribution < -0.4 is 5.73 Å². The van der Waals surface area contributed by atoms with E-state index in [2.05, 4.69) is 6.07 Å². The number of benzene rings is 2. The van der Waals surface area contributed by atoms with Crippen molar-refractivity contribution in [2.75, 3.05) is 0 Å². The quantitative estimate of drug-likeness (QED) is 0.875. The van der Waals surface area contributed by atoms with Crippen LogP contribution in [0.2, 0.25) is 0 Å². The maximum atomic E-state index is 12.3. The highest BCUT2D eigenvalue weighted by molar-refractivity contribution is 5.97. The van der Waals surface area contributed by atoms with Crippen LogP contribution in [0.3, 0.4) is 0 Å². The predicted molar refractivity (Wildman–Crippen MR) is 95.1 cm³/mol. The normalized spacial score (nSPS) is 25.0. The van der Waals surface area contributed by atoms with Gasteiger partial charge in [-0.2, -0.15) is 5.26 Å². The van der Waals surface area contributed by atoms with Gasteiger partial charge in [-0.05, 0) is 29.7 Å². The fourth-order valence-corrected chi connectivity index (χ4v) is 3.58. The number of aldehydes is 1. The van der Waals surface area contributed by atoms with E-state index in [1.54, 1.807) is 6.08 Å². The van der Waals surface area contributed by atoms with Gasteiger partial charge in [-0.25, -0.2) is 0 Å². The van der Waals surface area contributed by atoms with Gasteiger partial charge < -0.3 is 10.5 Å². The van der Waals surface area contributed by atoms with Gasteiger partial charge in [0.1, 0.15) is 6.29 Å². The van der Waals surface area contributed by atoms with E-state index in [0.29, 0.717) is 5.57 Å². The molecule has 2 N–H and O–H groups in total. The second-order valence-corrected chi connectivity index (χ2v) is 6.36. The lowest BCUT2D eigenvalue weighted by atomic mass is 9.71. The van der Waals surface area contributed by atoms with Crippen LogP contribution in [0, 0.1) is 29.6 Å². The zero-order valence-corrected chi connectivity index (χ0v) is 13.8. The van der Waals surface area contributed by atoms with Gasteiger partial charge in [0.05, 0.1) is 6.07 Å². The third kappa shape index (κ3) is 2.64. The Labute approximate surface area is 146 Å². The van der Waals surface area contributed by atoms with Gasteiger partial charge in [-0.1, -0.05) is 60.2 Å². The van der Waals surface area contributed by atoms with Crippen molar-refractivity contribution in [1.29, 1.82) is 5.26 Å². The monoisotopic (exact) mass is 330 g/mol. The summed E-state index contributed by atoms with van der Waals surface area (Å²) in [5.41, 5.74) is 7.38. The van der Waals surface area contributed by atoms with Crippen LogP contribution in [0.1, 0.15) is 22.6 Å². The van der Waals surface area contributed by atoms with Crippen LogP contribution in [0.4, 0.5) is 0 Å². The molecular weight excluding hydrogens is 312 g/mol. The Bertz CT molecular complexity index is 878. The molecule has 1 aliphatic rings. The molecule has 3 unspecified atom stereocenters. The Balaban J connectivity index is 2.22. The number of carbonyl (C=O) groups is 2. The fraction of sp³-hybridized carbons (Fsp3) is 0.190. The van der Waals surface area contributed by atoms with Crippen molar-refractivity contribution < 1.29 is 9.59 Å². The van der Waals surface area contributed by atoms with Gasteiger partial charge in [-0.3, -0.25) is 4.79 Å². The molecule has 0 aromatic heterocycles. The van der Waals surface area contributed by atoms with E-state index in [9.17, 15) is 14.9 Å². The first-order valence-electron chi connectivity index (χ1n) is 8.04. The fourth-order valence-electron chi connectivity index (χ4n) is 3.58. The van der Waals surface area contributed by atoms with Gasteiger partial charge >= 0.3 is 0 Å². The molecule has 0 aliphatic heterocycles. The van der Waals surface area contributed by atoms with E-state index in [1.807, 2.05) is 61.5 Å². The van der Waals surface area contributed by atoms with Crippen LogP contribution in [0.5, 0.6) is 0 Å². The second kappa shape index (κ2) is 6.37. The summed E-state index contributed by atoms with van der Waals surface area (Å²) in [4.78, 5) is 24.2. The maximum absolute atomic E-state index is 12.3. The number of rotatable bonds is 4. The van der Waals surface area contributed by atoms with Crippen molar-refractivity contribution in [3.8, 4) is 6.07 Å². The maximum Gasteiger partial charge on any atom is 0.242 e. The first-order valence-corrected chi connectivity index (χ1v) is 8.04. The van der Waals surface area contributed by atoms with Crippen molar-refractivity contribution in [2.24, 2.45) is 17.1 Å². The van der Waals surface area contributed by atoms with Gasteiger partial charge in [0.2, 0.25) is 5.91 Å². The lowest BCUT2D eigenvalue weighted by Crippen LogP contribution is -2.39. The number of primary amides is 1. The minimum absolute atomic E-state index is 0.614. The van der Waals surface area contributed by atoms with Crippen LogP contribution in [-0.2, 0) is 9.59 Å². The average molecular weight is 330 g/mol. The molecule has 3 atom stereocenters. The molecular formula is C21H18N2O2. The summed E-state index contributed by atoms with van der Waals surface area (Å²) >= 11 is 0. The van der Waals surface area contributed by atoms with Crippen LogP contribution in [0.15, 0.2) is 60.7 Å². The van der Waals surface area contributed by atoms with Gasteiger partial charge in [-0.15, -0.1) is 0 Å². The Morgan fingerprint density at radius 1 is 1.16 bits per heavy atom. The van der Waals surface area contributed by atoms with Crippen LogP contribution in [-0.4, -0.2) is 12.2 Å². The highest BCUT2D eigenvalue weighted by atomic mass is 16.1. The van der Waals surface area contributed by atoms with Gasteiger partial charge in [0.25, 0.3) is 0 Å². The lowest BCUT2D eigenvalue weighted by molar-refractivity contribution is -0.124. The highest BCUT2D eigenvalue weighted by Crippen LogP contribution is 2.53. The topological polar surface area (TPSA) is 83.9 Å². The summed E-state index contributed by atoms with van der Waals surface area (Å²) < 4.78 is 0. The number of carbonyl (C=O) groups excluding carboxylic acids is 2. The number of nitrogens with two attached hydrogens (primary N) is 1. The highest BCUT2D eigenvalue weighted by Gasteiger charge is 2.53. The summed E-state index contributed by atoms with van der Waals surface area (Å²) in [6.07, 6.45) is 2.39. The Kier molecular flexibility index (Phi) is 4.24. The molecule has 0 radical (unpaired) electrons. The minimum atomic E-state index is -1.55. The number of amides is 1. The molecule has 1 amide bonds. The van der Waals surface area contributed by atoms with E-state index in [1.165, 1.54) is 0 Å². The molecule has 4 heteroatoms. The molecule has 1 aliphatic carbocycles. The Morgan fingerprint density at radius 3 is 2.32 bits per heavy atom. The predicted octanol–water partition coefficient (Wildman–Crippen LogP) is 2.99. The number of nitrogens with zero attached hydrogens (tertiary/aromatic N) is 1. The minimum Gasteiger partial charge on any atom is -0.368 e. The second-order valence-electron chi connectivity index (χ2n) is 6.36. The molecule has 124 valence electrons. The molecule has 0 saturated heterocycles. The van der Waals surface area contributed by atoms with E-state index in [0.717, 1.165) is 23.0 Å². The summed E-state index contributed by atoms with van der Waals surface area (Å²) in [7, 11) is 0. The van der Waals surface area contributed by atoms with Crippen molar-refractivity contribution in [1.82, 2.24) is 0 Å². The van der Waals surface area contributed by atoms with E-state index in [4.69, 9.17) is 5.73 Å². The van der Waals surface area contributed by atoms with Gasteiger partial charge in [0, 0.05) is 11.8 Å². The zero-order valence-electron chi connectivity index (χ0n) is 13.8. The van der Waals surface area contributed by atoms with E-state index >= 15 is 0 Å². The number of hydrogen-bond donors (Lipinski definition) is 1. The summed E-state index contributed by atoms with van der Waals surface area (Å²) in [6.45, 7) is 1.95. The number of hydrogen-bond acceptors (Lipinski definition) is 3. The number of aryl methyl sites for hydroxylation is 1. The molecule has 0 bridgehead atoms. The van der Waals surface area contributed by atoms with Crippen LogP contribution in [0.25, 0.3) is 5.57 Å². The number of nitriles is 1. The third-order valence-corrected chi connectivity index (χ3v) is 4.87. The van der Waals surface area contributed by atoms with Crippen molar-refractivity contribution in [3.63, 3.8) is 0 Å². The Morgan fingerprint density at radius 2 is 1.80 bits per heavy atom. The smallest absolute Gasteiger partial charge is 0.242 e. The molecule has 3 rings (SSSR count). The van der Waals surface area contributed by atoms with Crippen molar-refractivity contribution >= 4 is 17.8 Å². The molecule has 0 saturated carbocycles. The molecule has 0 spiro atoms. The first kappa shape index (κ1) is 16.7. The molecule has 25 heavy (non-hydrogen) atoms. The summed E-state index contributed by atoms with van der Waals surface area (Å²) in [6, 6.07) is 18.9. The zero-order chi connectivity index (χ0) is 18.0. The third-order valence-electron chi connectivity index (χ3n) is 4.87. The lowest BCUT2D eigenvalue weighted by Gasteiger charge is -2.28. The molecule has 0 heterocycles. The summed E-state index contributed by atoms with van der Waals surface area (Å²) in [5, 5.41) is 9.84. The number of allylic oxidation sites excluding steroid dienone is 1. The molecule has 2 aromatic rings. The van der Waals surface area contributed by atoms with Crippen molar-refractivity contribution in [3.05, 3.63) is 77.4 Å². The van der Waals surface area contributed by atoms with E-state index < -0.39 is 23.2 Å². The Hall–Kier alpha value is -3.19. The average Bonchev–Trinajstić information content (AvgIpc) is 2.99. The van der Waals surface area contributed by atoms with Gasteiger partial charge in [0.15, 0.2) is 5.41 Å². The van der Waals surface area contributed by atoms with E-state index in [-0.39, 0.29) is 0 Å². The SMILES string of the molecule is Cc1ccc(C2C(C=O)C(c3ccccc3)=CC2(C#N)C(N)=O)cc1.